The van der Waals surface area contributed by atoms with Gasteiger partial charge in [-0.3, -0.25) is 9.62 Å². The molecule has 9 heteroatoms. The summed E-state index contributed by atoms with van der Waals surface area (Å²) < 4.78 is 54.5. The van der Waals surface area contributed by atoms with Gasteiger partial charge in [0.2, 0.25) is 0 Å². The second-order valence-electron chi connectivity index (χ2n) is 7.90. The van der Waals surface area contributed by atoms with E-state index in [1.807, 2.05) is 0 Å². The molecule has 0 spiro atoms. The molecule has 6 nitrogen and oxygen atoms in total. The van der Waals surface area contributed by atoms with Gasteiger partial charge in [-0.25, -0.2) is 22.0 Å². The Kier molecular flexibility index (Phi) is 6.33. The van der Waals surface area contributed by atoms with Gasteiger partial charge < -0.3 is 4.90 Å². The van der Waals surface area contributed by atoms with Crippen molar-refractivity contribution in [1.29, 1.82) is 0 Å². The van der Waals surface area contributed by atoms with Gasteiger partial charge >= 0.3 is 6.03 Å². The smallest absolute Gasteiger partial charge is 0.320 e. The Morgan fingerprint density at radius 3 is 2.30 bits per heavy atom. The highest BCUT2D eigenvalue weighted by Gasteiger charge is 2.27. The first-order valence-electron chi connectivity index (χ1n) is 10.4. The lowest BCUT2D eigenvalue weighted by Crippen LogP contribution is -2.49. The van der Waals surface area contributed by atoms with Crippen LogP contribution in [0.4, 0.5) is 25.0 Å². The summed E-state index contributed by atoms with van der Waals surface area (Å²) in [7, 11) is -3.95. The predicted octanol–water partition coefficient (Wildman–Crippen LogP) is 4.91. The molecule has 3 aromatic rings. The summed E-state index contributed by atoms with van der Waals surface area (Å²) in [4.78, 5) is 16.1. The second-order valence-corrected chi connectivity index (χ2v) is 9.58. The van der Waals surface area contributed by atoms with Gasteiger partial charge in [0.05, 0.1) is 4.90 Å². The van der Waals surface area contributed by atoms with Gasteiger partial charge in [-0.05, 0) is 73.0 Å². The number of sulfonamides is 1. The van der Waals surface area contributed by atoms with E-state index >= 15 is 0 Å². The van der Waals surface area contributed by atoms with Crippen LogP contribution in [0.15, 0.2) is 71.6 Å². The van der Waals surface area contributed by atoms with E-state index < -0.39 is 15.8 Å². The SMILES string of the molecule is Cc1ccc(S(=O)(=O)Nc2ccc(N3CCCN(Cc4ccc(F)cc4)C3=O)cc2)cc1F. The molecule has 1 heterocycles. The molecule has 0 saturated carbocycles. The number of rotatable bonds is 6. The summed E-state index contributed by atoms with van der Waals surface area (Å²) in [6.45, 7) is 3.06. The first-order valence-corrected chi connectivity index (χ1v) is 11.9. The standard InChI is InChI=1S/C24H23F2N3O3S/c1-17-3-12-22(15-23(17)26)33(31,32)27-20-8-10-21(11-9-20)29-14-2-13-28(24(29)30)16-18-4-6-19(25)7-5-18/h3-12,15,27H,2,13-14,16H2,1H3. The van der Waals surface area contributed by atoms with E-state index in [1.54, 1.807) is 53.1 Å². The number of hydrogen-bond donors (Lipinski definition) is 1. The Morgan fingerprint density at radius 1 is 0.939 bits per heavy atom. The Labute approximate surface area is 191 Å². The van der Waals surface area contributed by atoms with Crippen LogP contribution in [0, 0.1) is 18.6 Å². The van der Waals surface area contributed by atoms with E-state index in [1.165, 1.54) is 24.3 Å². The number of nitrogens with zero attached hydrogens (tertiary/aromatic N) is 2. The number of nitrogens with one attached hydrogen (secondary N) is 1. The molecule has 172 valence electrons. The highest BCUT2D eigenvalue weighted by molar-refractivity contribution is 7.92. The molecule has 4 rings (SSSR count). The first-order chi connectivity index (χ1) is 15.7. The van der Waals surface area contributed by atoms with Crippen LogP contribution in [-0.2, 0) is 16.6 Å². The van der Waals surface area contributed by atoms with E-state index in [9.17, 15) is 22.0 Å². The Balaban J connectivity index is 1.46. The third kappa shape index (κ3) is 5.14. The number of urea groups is 1. The molecular weight excluding hydrogens is 448 g/mol. The topological polar surface area (TPSA) is 69.7 Å². The summed E-state index contributed by atoms with van der Waals surface area (Å²) in [6.07, 6.45) is 0.764. The number of amides is 2. The average Bonchev–Trinajstić information content (AvgIpc) is 2.79. The van der Waals surface area contributed by atoms with E-state index in [2.05, 4.69) is 4.72 Å². The van der Waals surface area contributed by atoms with Crippen molar-refractivity contribution in [2.45, 2.75) is 24.8 Å². The van der Waals surface area contributed by atoms with Crippen LogP contribution in [-0.4, -0.2) is 32.4 Å². The zero-order chi connectivity index (χ0) is 23.6. The summed E-state index contributed by atoms with van der Waals surface area (Å²) in [5.74, 6) is -0.921. The Hall–Kier alpha value is -3.46. The lowest BCUT2D eigenvalue weighted by molar-refractivity contribution is 0.192. The van der Waals surface area contributed by atoms with E-state index in [0.29, 0.717) is 36.6 Å². The fourth-order valence-electron chi connectivity index (χ4n) is 3.64. The maximum Gasteiger partial charge on any atom is 0.324 e. The lowest BCUT2D eigenvalue weighted by atomic mass is 10.1. The number of halogens is 2. The fourth-order valence-corrected chi connectivity index (χ4v) is 4.71. The molecule has 2 amide bonds. The molecule has 1 saturated heterocycles. The van der Waals surface area contributed by atoms with E-state index in [4.69, 9.17) is 0 Å². The van der Waals surface area contributed by atoms with Crippen molar-refractivity contribution in [3.8, 4) is 0 Å². The molecule has 3 aromatic carbocycles. The van der Waals surface area contributed by atoms with Crippen LogP contribution >= 0.6 is 0 Å². The van der Waals surface area contributed by atoms with Gasteiger partial charge in [0.25, 0.3) is 10.0 Å². The van der Waals surface area contributed by atoms with Gasteiger partial charge in [0.15, 0.2) is 0 Å². The number of anilines is 2. The van der Waals surface area contributed by atoms with Crippen molar-refractivity contribution in [2.75, 3.05) is 22.7 Å². The number of carbonyl (C=O) groups is 1. The van der Waals surface area contributed by atoms with Crippen molar-refractivity contribution < 1.29 is 22.0 Å². The molecule has 0 aliphatic carbocycles. The minimum absolute atomic E-state index is 0.169. The maximum atomic E-state index is 13.8. The van der Waals surface area contributed by atoms with E-state index in [-0.39, 0.29) is 16.7 Å². The van der Waals surface area contributed by atoms with Crippen molar-refractivity contribution in [3.05, 3.63) is 89.5 Å². The molecule has 1 N–H and O–H groups in total. The van der Waals surface area contributed by atoms with E-state index in [0.717, 1.165) is 18.1 Å². The molecule has 0 aromatic heterocycles. The van der Waals surface area contributed by atoms with Crippen LogP contribution in [0.25, 0.3) is 0 Å². The summed E-state index contributed by atoms with van der Waals surface area (Å²) in [5.41, 5.74) is 2.13. The predicted molar refractivity (Wildman–Crippen MR) is 123 cm³/mol. The van der Waals surface area contributed by atoms with Crippen molar-refractivity contribution >= 4 is 27.4 Å². The highest BCUT2D eigenvalue weighted by Crippen LogP contribution is 2.25. The maximum absolute atomic E-state index is 13.8. The molecule has 1 aliphatic heterocycles. The molecule has 0 radical (unpaired) electrons. The van der Waals surface area contributed by atoms with Gasteiger partial charge in [-0.2, -0.15) is 0 Å². The van der Waals surface area contributed by atoms with Crippen LogP contribution in [0.1, 0.15) is 17.5 Å². The van der Waals surface area contributed by atoms with Crippen LogP contribution in [0.2, 0.25) is 0 Å². The summed E-state index contributed by atoms with van der Waals surface area (Å²) in [6, 6.07) is 16.0. The van der Waals surface area contributed by atoms with Gasteiger partial charge in [0.1, 0.15) is 11.6 Å². The molecular formula is C24H23F2N3O3S. The monoisotopic (exact) mass is 471 g/mol. The minimum Gasteiger partial charge on any atom is -0.320 e. The van der Waals surface area contributed by atoms with Gasteiger partial charge in [-0.1, -0.05) is 18.2 Å². The summed E-state index contributed by atoms with van der Waals surface area (Å²) in [5, 5.41) is 0. The normalized spacial score (nSPS) is 14.5. The fraction of sp³-hybridized carbons (Fsp3) is 0.208. The Bertz CT molecular complexity index is 1260. The third-order valence-electron chi connectivity index (χ3n) is 5.48. The molecule has 0 bridgehead atoms. The van der Waals surface area contributed by atoms with Gasteiger partial charge in [-0.15, -0.1) is 0 Å². The average molecular weight is 472 g/mol. The number of hydrogen-bond acceptors (Lipinski definition) is 3. The largest absolute Gasteiger partial charge is 0.324 e. The van der Waals surface area contributed by atoms with Crippen molar-refractivity contribution in [3.63, 3.8) is 0 Å². The molecule has 1 fully saturated rings. The molecule has 33 heavy (non-hydrogen) atoms. The first kappa shape index (κ1) is 22.7. The highest BCUT2D eigenvalue weighted by atomic mass is 32.2. The number of benzene rings is 3. The molecule has 0 atom stereocenters. The van der Waals surface area contributed by atoms with Crippen LogP contribution in [0.3, 0.4) is 0 Å². The van der Waals surface area contributed by atoms with Crippen molar-refractivity contribution in [1.82, 2.24) is 4.90 Å². The second kappa shape index (κ2) is 9.19. The van der Waals surface area contributed by atoms with Crippen molar-refractivity contribution in [2.24, 2.45) is 0 Å². The molecule has 0 unspecified atom stereocenters. The zero-order valence-corrected chi connectivity index (χ0v) is 18.8. The number of carbonyl (C=O) groups excluding carboxylic acids is 1. The third-order valence-corrected chi connectivity index (χ3v) is 6.86. The summed E-state index contributed by atoms with van der Waals surface area (Å²) >= 11 is 0. The van der Waals surface area contributed by atoms with Gasteiger partial charge in [0, 0.05) is 31.0 Å². The van der Waals surface area contributed by atoms with Crippen LogP contribution in [0.5, 0.6) is 0 Å². The quantitative estimate of drug-likeness (QED) is 0.556. The number of aryl methyl sites for hydroxylation is 1. The lowest BCUT2D eigenvalue weighted by Gasteiger charge is -2.35. The molecule has 1 aliphatic rings. The Morgan fingerprint density at radius 2 is 1.64 bits per heavy atom. The zero-order valence-electron chi connectivity index (χ0n) is 18.0. The van der Waals surface area contributed by atoms with Crippen LogP contribution < -0.4 is 9.62 Å². The minimum atomic E-state index is -3.95.